The minimum atomic E-state index is -1.71. The molecule has 2 aromatic rings. The van der Waals surface area contributed by atoms with E-state index in [1.54, 1.807) is 0 Å². The third-order valence-electron chi connectivity index (χ3n) is 3.56. The molecule has 0 aromatic heterocycles. The second-order valence-electron chi connectivity index (χ2n) is 5.36. The molecule has 0 fully saturated rings. The maximum atomic E-state index is 14.0. The van der Waals surface area contributed by atoms with Gasteiger partial charge in [0.1, 0.15) is 12.2 Å². The third kappa shape index (κ3) is 5.53. The van der Waals surface area contributed by atoms with Crippen LogP contribution in [0.2, 0.25) is 0 Å². The second-order valence-corrected chi connectivity index (χ2v) is 5.36. The molecular weight excluding hydrogens is 311 g/mol. The van der Waals surface area contributed by atoms with Crippen molar-refractivity contribution in [3.63, 3.8) is 0 Å². The van der Waals surface area contributed by atoms with Gasteiger partial charge in [-0.25, -0.2) is 4.39 Å². The molecule has 1 N–H and O–H groups in total. The summed E-state index contributed by atoms with van der Waals surface area (Å²) >= 11 is 0. The van der Waals surface area contributed by atoms with E-state index in [0.29, 0.717) is 6.29 Å². The van der Waals surface area contributed by atoms with Gasteiger partial charge in [-0.1, -0.05) is 60.7 Å². The zero-order valence-corrected chi connectivity index (χ0v) is 13.3. The first-order chi connectivity index (χ1) is 11.7. The predicted octanol–water partition coefficient (Wildman–Crippen LogP) is 2.69. The van der Waals surface area contributed by atoms with Gasteiger partial charge in [-0.15, -0.1) is 0 Å². The molecule has 0 bridgehead atoms. The Balaban J connectivity index is 1.99. The van der Waals surface area contributed by atoms with Crippen LogP contribution in [-0.4, -0.2) is 36.4 Å². The molecule has 0 heterocycles. The number of aldehydes is 1. The largest absolute Gasteiger partial charge is 0.393 e. The Morgan fingerprint density at radius 1 is 0.917 bits per heavy atom. The Hall–Kier alpha value is -2.08. The lowest BCUT2D eigenvalue weighted by Crippen LogP contribution is -2.41. The Morgan fingerprint density at radius 3 is 1.88 bits per heavy atom. The summed E-state index contributed by atoms with van der Waals surface area (Å²) in [7, 11) is 0. The van der Waals surface area contributed by atoms with Gasteiger partial charge in [-0.3, -0.25) is 0 Å². The standard InChI is InChI=1S/C19H21FO4/c20-17(11-21)19(24-14-16-9-5-2-6-10-16)18(12-22)23-13-15-7-3-1-4-8-15/h1-10,12,17-19,21H,11,13-14H2/t17-,18+,19-/m0/s1. The second kappa shape index (κ2) is 9.93. The maximum absolute atomic E-state index is 14.0. The molecule has 24 heavy (non-hydrogen) atoms. The van der Waals surface area contributed by atoms with Crippen molar-refractivity contribution in [3.05, 3.63) is 71.8 Å². The highest BCUT2D eigenvalue weighted by Gasteiger charge is 2.31. The van der Waals surface area contributed by atoms with Crippen LogP contribution in [0.5, 0.6) is 0 Å². The number of alkyl halides is 1. The minimum Gasteiger partial charge on any atom is -0.393 e. The number of carbonyl (C=O) groups excluding carboxylic acids is 1. The van der Waals surface area contributed by atoms with Crippen molar-refractivity contribution < 1.29 is 23.8 Å². The van der Waals surface area contributed by atoms with Gasteiger partial charge in [0.25, 0.3) is 0 Å². The molecule has 0 aliphatic rings. The van der Waals surface area contributed by atoms with E-state index < -0.39 is 25.0 Å². The van der Waals surface area contributed by atoms with Crippen LogP contribution in [0.3, 0.4) is 0 Å². The number of aliphatic hydroxyl groups is 1. The van der Waals surface area contributed by atoms with E-state index in [9.17, 15) is 9.18 Å². The quantitative estimate of drug-likeness (QED) is 0.680. The summed E-state index contributed by atoms with van der Waals surface area (Å²) in [6.07, 6.45) is -3.46. The summed E-state index contributed by atoms with van der Waals surface area (Å²) in [5, 5.41) is 9.11. The summed E-state index contributed by atoms with van der Waals surface area (Å²) in [4.78, 5) is 11.3. The molecule has 0 aliphatic heterocycles. The number of hydrogen-bond donors (Lipinski definition) is 1. The van der Waals surface area contributed by atoms with Crippen LogP contribution in [-0.2, 0) is 27.5 Å². The van der Waals surface area contributed by atoms with Gasteiger partial charge in [0.2, 0.25) is 0 Å². The predicted molar refractivity (Wildman–Crippen MR) is 88.1 cm³/mol. The molecule has 0 spiro atoms. The smallest absolute Gasteiger partial charge is 0.152 e. The van der Waals surface area contributed by atoms with Crippen LogP contribution in [0.25, 0.3) is 0 Å². The first-order valence-electron chi connectivity index (χ1n) is 7.76. The maximum Gasteiger partial charge on any atom is 0.152 e. The Morgan fingerprint density at radius 2 is 1.42 bits per heavy atom. The molecule has 2 aromatic carbocycles. The van der Waals surface area contributed by atoms with E-state index in [-0.39, 0.29) is 13.2 Å². The fourth-order valence-electron chi connectivity index (χ4n) is 2.25. The van der Waals surface area contributed by atoms with Crippen molar-refractivity contribution in [1.82, 2.24) is 0 Å². The summed E-state index contributed by atoms with van der Waals surface area (Å²) in [5.41, 5.74) is 1.71. The summed E-state index contributed by atoms with van der Waals surface area (Å²) in [6, 6.07) is 18.5. The van der Waals surface area contributed by atoms with Gasteiger partial charge >= 0.3 is 0 Å². The highest BCUT2D eigenvalue weighted by Crippen LogP contribution is 2.15. The highest BCUT2D eigenvalue weighted by molar-refractivity contribution is 5.57. The number of hydrogen-bond acceptors (Lipinski definition) is 4. The van der Waals surface area contributed by atoms with Crippen molar-refractivity contribution in [2.75, 3.05) is 6.61 Å². The van der Waals surface area contributed by atoms with Crippen molar-refractivity contribution in [2.45, 2.75) is 31.6 Å². The van der Waals surface area contributed by atoms with Crippen LogP contribution >= 0.6 is 0 Å². The van der Waals surface area contributed by atoms with E-state index in [1.165, 1.54) is 0 Å². The molecule has 0 amide bonds. The van der Waals surface area contributed by atoms with E-state index in [4.69, 9.17) is 14.6 Å². The molecule has 4 nitrogen and oxygen atoms in total. The minimum absolute atomic E-state index is 0.130. The lowest BCUT2D eigenvalue weighted by atomic mass is 10.1. The monoisotopic (exact) mass is 332 g/mol. The number of halogens is 1. The number of aliphatic hydroxyl groups excluding tert-OH is 1. The summed E-state index contributed by atoms with van der Waals surface area (Å²) in [6.45, 7) is -0.447. The molecule has 0 saturated heterocycles. The lowest BCUT2D eigenvalue weighted by Gasteiger charge is -2.25. The number of rotatable bonds is 10. The van der Waals surface area contributed by atoms with Crippen molar-refractivity contribution in [2.24, 2.45) is 0 Å². The Bertz CT molecular complexity index is 591. The van der Waals surface area contributed by atoms with Crippen LogP contribution in [0, 0.1) is 0 Å². The molecule has 2 rings (SSSR count). The summed E-state index contributed by atoms with van der Waals surface area (Å²) < 4.78 is 25.1. The molecular formula is C19H21FO4. The van der Waals surface area contributed by atoms with Gasteiger partial charge in [0.15, 0.2) is 12.5 Å². The van der Waals surface area contributed by atoms with Crippen molar-refractivity contribution in [3.8, 4) is 0 Å². The van der Waals surface area contributed by atoms with Crippen molar-refractivity contribution in [1.29, 1.82) is 0 Å². The fraction of sp³-hybridized carbons (Fsp3) is 0.316. The molecule has 5 heteroatoms. The normalized spacial score (nSPS) is 14.8. The van der Waals surface area contributed by atoms with Crippen LogP contribution in [0.1, 0.15) is 11.1 Å². The molecule has 0 saturated carbocycles. The van der Waals surface area contributed by atoms with Crippen LogP contribution in [0.4, 0.5) is 4.39 Å². The molecule has 0 aliphatic carbocycles. The van der Waals surface area contributed by atoms with E-state index in [2.05, 4.69) is 0 Å². The van der Waals surface area contributed by atoms with E-state index >= 15 is 0 Å². The number of benzene rings is 2. The third-order valence-corrected chi connectivity index (χ3v) is 3.56. The lowest BCUT2D eigenvalue weighted by molar-refractivity contribution is -0.143. The molecule has 0 radical (unpaired) electrons. The number of ether oxygens (including phenoxy) is 2. The average Bonchev–Trinajstić information content (AvgIpc) is 2.65. The zero-order chi connectivity index (χ0) is 17.2. The molecule has 3 atom stereocenters. The summed E-state index contributed by atoms with van der Waals surface area (Å²) in [5.74, 6) is 0. The average molecular weight is 332 g/mol. The van der Waals surface area contributed by atoms with Gasteiger partial charge in [0.05, 0.1) is 19.8 Å². The first kappa shape index (κ1) is 18.3. The van der Waals surface area contributed by atoms with E-state index in [1.807, 2.05) is 60.7 Å². The van der Waals surface area contributed by atoms with Gasteiger partial charge in [-0.2, -0.15) is 0 Å². The Labute approximate surface area is 140 Å². The van der Waals surface area contributed by atoms with Crippen molar-refractivity contribution >= 4 is 6.29 Å². The highest BCUT2D eigenvalue weighted by atomic mass is 19.1. The zero-order valence-electron chi connectivity index (χ0n) is 13.3. The van der Waals surface area contributed by atoms with Crippen LogP contribution < -0.4 is 0 Å². The first-order valence-corrected chi connectivity index (χ1v) is 7.76. The topological polar surface area (TPSA) is 55.8 Å². The van der Waals surface area contributed by atoms with Gasteiger partial charge in [-0.05, 0) is 11.1 Å². The Kier molecular flexibility index (Phi) is 7.55. The van der Waals surface area contributed by atoms with Gasteiger partial charge < -0.3 is 19.4 Å². The van der Waals surface area contributed by atoms with E-state index in [0.717, 1.165) is 11.1 Å². The van der Waals surface area contributed by atoms with Crippen LogP contribution in [0.15, 0.2) is 60.7 Å². The SMILES string of the molecule is O=C[C@@H](OCc1ccccc1)[C@@H](OCc1ccccc1)[C@@H](F)CO. The molecule has 0 unspecified atom stereocenters. The molecule has 128 valence electrons. The number of carbonyl (C=O) groups is 1. The fourth-order valence-corrected chi connectivity index (χ4v) is 2.25. The van der Waals surface area contributed by atoms with Gasteiger partial charge in [0, 0.05) is 0 Å².